The summed E-state index contributed by atoms with van der Waals surface area (Å²) in [6, 6.07) is 12.4. The summed E-state index contributed by atoms with van der Waals surface area (Å²) in [5.41, 5.74) is 1.52. The SMILES string of the molecule is c1ccc(C2CCCCC2NC2CCOC2C2CC2)cc1. The lowest BCUT2D eigenvalue weighted by molar-refractivity contribution is 0.0766. The summed E-state index contributed by atoms with van der Waals surface area (Å²) in [6.45, 7) is 0.960. The minimum Gasteiger partial charge on any atom is -0.376 e. The predicted molar refractivity (Wildman–Crippen MR) is 85.4 cm³/mol. The summed E-state index contributed by atoms with van der Waals surface area (Å²) < 4.78 is 6.01. The van der Waals surface area contributed by atoms with Crippen LogP contribution in [0.2, 0.25) is 0 Å². The van der Waals surface area contributed by atoms with Gasteiger partial charge < -0.3 is 10.1 Å². The molecule has 3 fully saturated rings. The average Bonchev–Trinajstić information content (AvgIpc) is 3.29. The van der Waals surface area contributed by atoms with Gasteiger partial charge in [0.1, 0.15) is 0 Å². The summed E-state index contributed by atoms with van der Waals surface area (Å²) in [5, 5.41) is 4.01. The molecule has 1 aliphatic heterocycles. The van der Waals surface area contributed by atoms with Gasteiger partial charge in [-0.3, -0.25) is 0 Å². The Hall–Kier alpha value is -0.860. The molecule has 2 heteroatoms. The van der Waals surface area contributed by atoms with Crippen molar-refractivity contribution in [2.45, 2.75) is 69.1 Å². The van der Waals surface area contributed by atoms with Crippen molar-refractivity contribution in [3.05, 3.63) is 35.9 Å². The molecule has 4 unspecified atom stereocenters. The van der Waals surface area contributed by atoms with E-state index in [9.17, 15) is 0 Å². The van der Waals surface area contributed by atoms with Crippen molar-refractivity contribution in [2.75, 3.05) is 6.61 Å². The molecule has 2 aliphatic carbocycles. The topological polar surface area (TPSA) is 21.3 Å². The van der Waals surface area contributed by atoms with Crippen LogP contribution < -0.4 is 5.32 Å². The maximum absolute atomic E-state index is 6.01. The summed E-state index contributed by atoms with van der Waals surface area (Å²) in [7, 11) is 0. The second-order valence-corrected chi connectivity index (χ2v) is 7.14. The van der Waals surface area contributed by atoms with E-state index in [1.807, 2.05) is 0 Å². The van der Waals surface area contributed by atoms with Crippen LogP contribution in [0.15, 0.2) is 30.3 Å². The largest absolute Gasteiger partial charge is 0.376 e. The van der Waals surface area contributed by atoms with E-state index in [-0.39, 0.29) is 0 Å². The normalized spacial score (nSPS) is 36.8. The van der Waals surface area contributed by atoms with E-state index in [2.05, 4.69) is 35.6 Å². The van der Waals surface area contributed by atoms with Crippen LogP contribution in [0.25, 0.3) is 0 Å². The Morgan fingerprint density at radius 1 is 0.857 bits per heavy atom. The first kappa shape index (κ1) is 13.8. The molecule has 1 heterocycles. The van der Waals surface area contributed by atoms with Crippen molar-refractivity contribution in [3.8, 4) is 0 Å². The first-order valence-electron chi connectivity index (χ1n) is 8.84. The van der Waals surface area contributed by atoms with E-state index < -0.39 is 0 Å². The summed E-state index contributed by atoms with van der Waals surface area (Å²) in [5.74, 6) is 1.55. The highest BCUT2D eigenvalue weighted by molar-refractivity contribution is 5.22. The van der Waals surface area contributed by atoms with Gasteiger partial charge in [-0.15, -0.1) is 0 Å². The van der Waals surface area contributed by atoms with Gasteiger partial charge in [0.05, 0.1) is 6.10 Å². The molecule has 2 nitrogen and oxygen atoms in total. The molecule has 1 aromatic rings. The Bertz CT molecular complexity index is 456. The van der Waals surface area contributed by atoms with E-state index in [1.165, 1.54) is 50.5 Å². The lowest BCUT2D eigenvalue weighted by Gasteiger charge is -2.36. The van der Waals surface area contributed by atoms with Gasteiger partial charge >= 0.3 is 0 Å². The molecule has 3 aliphatic rings. The zero-order chi connectivity index (χ0) is 14.1. The van der Waals surface area contributed by atoms with Crippen LogP contribution in [0.3, 0.4) is 0 Å². The number of rotatable bonds is 4. The third-order valence-corrected chi connectivity index (χ3v) is 5.64. The molecule has 0 spiro atoms. The fourth-order valence-corrected chi connectivity index (χ4v) is 4.38. The lowest BCUT2D eigenvalue weighted by atomic mass is 9.79. The molecular formula is C19H27NO. The standard InChI is InChI=1S/C19H27NO/c1-2-6-14(7-3-1)16-8-4-5-9-17(16)20-18-12-13-21-19(18)15-10-11-15/h1-3,6-7,15-20H,4-5,8-13H2. The molecule has 4 rings (SSSR count). The zero-order valence-corrected chi connectivity index (χ0v) is 12.8. The lowest BCUT2D eigenvalue weighted by Crippen LogP contribution is -2.47. The van der Waals surface area contributed by atoms with Crippen molar-refractivity contribution >= 4 is 0 Å². The molecule has 0 bridgehead atoms. The molecule has 0 aromatic heterocycles. The monoisotopic (exact) mass is 285 g/mol. The van der Waals surface area contributed by atoms with Crippen LogP contribution in [-0.2, 0) is 4.74 Å². The van der Waals surface area contributed by atoms with E-state index in [0.29, 0.717) is 24.1 Å². The van der Waals surface area contributed by atoms with E-state index in [1.54, 1.807) is 0 Å². The van der Waals surface area contributed by atoms with Gasteiger partial charge in [0.2, 0.25) is 0 Å². The highest BCUT2D eigenvalue weighted by Gasteiger charge is 2.42. The van der Waals surface area contributed by atoms with Crippen LogP contribution in [0.4, 0.5) is 0 Å². The number of hydrogen-bond donors (Lipinski definition) is 1. The van der Waals surface area contributed by atoms with E-state index in [0.717, 1.165) is 12.5 Å². The van der Waals surface area contributed by atoms with Crippen molar-refractivity contribution in [1.82, 2.24) is 5.32 Å². The number of benzene rings is 1. The molecule has 0 amide bonds. The van der Waals surface area contributed by atoms with Gasteiger partial charge in [-0.1, -0.05) is 43.2 Å². The first-order valence-corrected chi connectivity index (χ1v) is 8.84. The third-order valence-electron chi connectivity index (χ3n) is 5.64. The van der Waals surface area contributed by atoms with Crippen LogP contribution in [-0.4, -0.2) is 24.8 Å². The Balaban J connectivity index is 1.46. The Morgan fingerprint density at radius 2 is 1.67 bits per heavy atom. The molecule has 1 N–H and O–H groups in total. The van der Waals surface area contributed by atoms with Crippen molar-refractivity contribution in [1.29, 1.82) is 0 Å². The Morgan fingerprint density at radius 3 is 2.48 bits per heavy atom. The second-order valence-electron chi connectivity index (χ2n) is 7.14. The van der Waals surface area contributed by atoms with E-state index >= 15 is 0 Å². The highest BCUT2D eigenvalue weighted by Crippen LogP contribution is 2.40. The van der Waals surface area contributed by atoms with Gasteiger partial charge in [-0.25, -0.2) is 0 Å². The zero-order valence-electron chi connectivity index (χ0n) is 12.8. The molecule has 21 heavy (non-hydrogen) atoms. The van der Waals surface area contributed by atoms with Crippen molar-refractivity contribution in [3.63, 3.8) is 0 Å². The van der Waals surface area contributed by atoms with Gasteiger partial charge in [0.15, 0.2) is 0 Å². The van der Waals surface area contributed by atoms with Crippen LogP contribution >= 0.6 is 0 Å². The van der Waals surface area contributed by atoms with Gasteiger partial charge in [-0.05, 0) is 49.5 Å². The molecule has 0 radical (unpaired) electrons. The Kier molecular flexibility index (Phi) is 4.00. The molecular weight excluding hydrogens is 258 g/mol. The number of hydrogen-bond acceptors (Lipinski definition) is 2. The fourth-order valence-electron chi connectivity index (χ4n) is 4.38. The third kappa shape index (κ3) is 3.02. The number of ether oxygens (including phenoxy) is 1. The van der Waals surface area contributed by atoms with Gasteiger partial charge in [0, 0.05) is 18.7 Å². The summed E-state index contributed by atoms with van der Waals surface area (Å²) in [4.78, 5) is 0. The maximum Gasteiger partial charge on any atom is 0.0757 e. The quantitative estimate of drug-likeness (QED) is 0.906. The smallest absolute Gasteiger partial charge is 0.0757 e. The Labute approximate surface area is 128 Å². The second kappa shape index (κ2) is 6.10. The van der Waals surface area contributed by atoms with Crippen molar-refractivity contribution < 1.29 is 4.74 Å². The van der Waals surface area contributed by atoms with Crippen LogP contribution in [0, 0.1) is 5.92 Å². The molecule has 1 saturated heterocycles. The molecule has 4 atom stereocenters. The minimum absolute atomic E-state index is 0.503. The van der Waals surface area contributed by atoms with Crippen molar-refractivity contribution in [2.24, 2.45) is 5.92 Å². The van der Waals surface area contributed by atoms with Gasteiger partial charge in [-0.2, -0.15) is 0 Å². The molecule has 2 saturated carbocycles. The highest BCUT2D eigenvalue weighted by atomic mass is 16.5. The first-order chi connectivity index (χ1) is 10.4. The summed E-state index contributed by atoms with van der Waals surface area (Å²) in [6.07, 6.45) is 9.90. The predicted octanol–water partition coefficient (Wildman–Crippen LogP) is 3.87. The number of nitrogens with one attached hydrogen (secondary N) is 1. The molecule has 114 valence electrons. The van der Waals surface area contributed by atoms with Crippen LogP contribution in [0.5, 0.6) is 0 Å². The van der Waals surface area contributed by atoms with Gasteiger partial charge in [0.25, 0.3) is 0 Å². The summed E-state index contributed by atoms with van der Waals surface area (Å²) >= 11 is 0. The maximum atomic E-state index is 6.01. The van der Waals surface area contributed by atoms with Crippen LogP contribution in [0.1, 0.15) is 56.4 Å². The average molecular weight is 285 g/mol. The molecule has 1 aromatic carbocycles. The minimum atomic E-state index is 0.503. The fraction of sp³-hybridized carbons (Fsp3) is 0.684. The van der Waals surface area contributed by atoms with E-state index in [4.69, 9.17) is 4.74 Å².